The molecule has 0 atom stereocenters. The second-order valence-corrected chi connectivity index (χ2v) is 11.3. The second kappa shape index (κ2) is 14.2. The molecule has 2 fully saturated rings. The lowest BCUT2D eigenvalue weighted by atomic mass is 9.61. The van der Waals surface area contributed by atoms with E-state index in [2.05, 4.69) is 51.3 Å². The van der Waals surface area contributed by atoms with Gasteiger partial charge in [-0.3, -0.25) is 0 Å². The fourth-order valence-electron chi connectivity index (χ4n) is 5.98. The summed E-state index contributed by atoms with van der Waals surface area (Å²) in [5.41, 5.74) is 0.857. The van der Waals surface area contributed by atoms with Gasteiger partial charge in [0.2, 0.25) is 0 Å². The van der Waals surface area contributed by atoms with Crippen LogP contribution in [0.2, 0.25) is 0 Å². The van der Waals surface area contributed by atoms with E-state index in [4.69, 9.17) is 9.47 Å². The van der Waals surface area contributed by atoms with Crippen LogP contribution >= 0.6 is 0 Å². The minimum Gasteiger partial charge on any atom is -0.383 e. The molecule has 0 unspecified atom stereocenters. The first-order chi connectivity index (χ1) is 14.6. The van der Waals surface area contributed by atoms with Gasteiger partial charge in [0.15, 0.2) is 0 Å². The standard InChI is InChI=1S/C25H50N2O2.C2H6/c1-21(2)29-19-17-27-14-10-23(11-15-27)25(5,6)20-24(3,4)22-8-12-26(13-9-22)16-18-28-7;1-2/h21-23H,8-20H2,1-7H3;1-2H3. The molecule has 2 heterocycles. The minimum absolute atomic E-state index is 0.348. The topological polar surface area (TPSA) is 24.9 Å². The highest BCUT2D eigenvalue weighted by Crippen LogP contribution is 2.48. The van der Waals surface area contributed by atoms with E-state index in [0.717, 1.165) is 38.1 Å². The molecule has 186 valence electrons. The molecule has 2 rings (SSSR count). The number of hydrogen-bond donors (Lipinski definition) is 0. The Labute approximate surface area is 195 Å². The van der Waals surface area contributed by atoms with Gasteiger partial charge in [-0.1, -0.05) is 41.5 Å². The fraction of sp³-hybridized carbons (Fsp3) is 1.00. The fourth-order valence-corrected chi connectivity index (χ4v) is 5.98. The lowest BCUT2D eigenvalue weighted by Crippen LogP contribution is -2.44. The molecule has 2 aliphatic heterocycles. The summed E-state index contributed by atoms with van der Waals surface area (Å²) in [6.45, 7) is 27.3. The van der Waals surface area contributed by atoms with E-state index in [1.807, 2.05) is 21.0 Å². The van der Waals surface area contributed by atoms with Gasteiger partial charge in [-0.2, -0.15) is 0 Å². The van der Waals surface area contributed by atoms with Crippen LogP contribution in [0.3, 0.4) is 0 Å². The van der Waals surface area contributed by atoms with Gasteiger partial charge < -0.3 is 19.3 Å². The summed E-state index contributed by atoms with van der Waals surface area (Å²) in [7, 11) is 1.81. The molecular weight excluding hydrogens is 384 g/mol. The molecular formula is C27H56N2O2. The molecule has 0 bridgehead atoms. The maximum atomic E-state index is 5.75. The Morgan fingerprint density at radius 2 is 1.13 bits per heavy atom. The SMILES string of the molecule is CC.COCCN1CCC(C(C)(C)CC(C)(C)C2CCN(CCOC(C)C)CC2)CC1. The van der Waals surface area contributed by atoms with Crippen molar-refractivity contribution < 1.29 is 9.47 Å². The van der Waals surface area contributed by atoms with Crippen LogP contribution in [0, 0.1) is 22.7 Å². The number of rotatable bonds is 11. The molecule has 0 saturated carbocycles. The first-order valence-corrected chi connectivity index (χ1v) is 13.2. The molecule has 4 heteroatoms. The van der Waals surface area contributed by atoms with Gasteiger partial charge in [-0.05, 0) is 94.8 Å². The summed E-state index contributed by atoms with van der Waals surface area (Å²) in [6.07, 6.45) is 7.09. The van der Waals surface area contributed by atoms with Crippen LogP contribution in [0.15, 0.2) is 0 Å². The summed E-state index contributed by atoms with van der Waals surface area (Å²) in [5.74, 6) is 1.71. The van der Waals surface area contributed by atoms with Crippen molar-refractivity contribution in [2.45, 2.75) is 93.6 Å². The van der Waals surface area contributed by atoms with Crippen LogP contribution in [0.4, 0.5) is 0 Å². The van der Waals surface area contributed by atoms with Crippen LogP contribution in [0.25, 0.3) is 0 Å². The van der Waals surface area contributed by atoms with Gasteiger partial charge >= 0.3 is 0 Å². The van der Waals surface area contributed by atoms with Gasteiger partial charge in [-0.15, -0.1) is 0 Å². The molecule has 0 aliphatic carbocycles. The zero-order valence-electron chi connectivity index (χ0n) is 22.6. The summed E-state index contributed by atoms with van der Waals surface area (Å²) >= 11 is 0. The third-order valence-electron chi connectivity index (χ3n) is 7.77. The van der Waals surface area contributed by atoms with Crippen molar-refractivity contribution in [2.24, 2.45) is 22.7 Å². The van der Waals surface area contributed by atoms with Crippen molar-refractivity contribution in [3.63, 3.8) is 0 Å². The normalized spacial score (nSPS) is 20.7. The van der Waals surface area contributed by atoms with Crippen LogP contribution in [-0.2, 0) is 9.47 Å². The predicted octanol–water partition coefficient (Wildman–Crippen LogP) is 5.95. The van der Waals surface area contributed by atoms with Crippen molar-refractivity contribution >= 4 is 0 Å². The highest BCUT2D eigenvalue weighted by atomic mass is 16.5. The van der Waals surface area contributed by atoms with E-state index in [-0.39, 0.29) is 0 Å². The molecule has 0 spiro atoms. The van der Waals surface area contributed by atoms with Gasteiger partial charge in [0.05, 0.1) is 19.3 Å². The van der Waals surface area contributed by atoms with E-state index < -0.39 is 0 Å². The maximum absolute atomic E-state index is 5.75. The largest absolute Gasteiger partial charge is 0.383 e. The van der Waals surface area contributed by atoms with E-state index >= 15 is 0 Å². The van der Waals surface area contributed by atoms with Crippen LogP contribution in [0.5, 0.6) is 0 Å². The smallest absolute Gasteiger partial charge is 0.0596 e. The number of hydrogen-bond acceptors (Lipinski definition) is 4. The van der Waals surface area contributed by atoms with E-state index in [1.54, 1.807) is 0 Å². The Balaban J connectivity index is 0.00000233. The van der Waals surface area contributed by atoms with Gasteiger partial charge in [0.1, 0.15) is 0 Å². The molecule has 0 radical (unpaired) electrons. The van der Waals surface area contributed by atoms with Crippen molar-refractivity contribution in [1.29, 1.82) is 0 Å². The number of likely N-dealkylation sites (tertiary alicyclic amines) is 2. The lowest BCUT2D eigenvalue weighted by molar-refractivity contribution is 0.00868. The van der Waals surface area contributed by atoms with Crippen molar-refractivity contribution in [3.05, 3.63) is 0 Å². The van der Waals surface area contributed by atoms with Gasteiger partial charge in [-0.25, -0.2) is 0 Å². The zero-order chi connectivity index (χ0) is 23.5. The molecule has 0 N–H and O–H groups in total. The Morgan fingerprint density at radius 1 is 0.742 bits per heavy atom. The number of methoxy groups -OCH3 is 1. The zero-order valence-corrected chi connectivity index (χ0v) is 22.6. The van der Waals surface area contributed by atoms with Crippen molar-refractivity contribution in [3.8, 4) is 0 Å². The summed E-state index contributed by atoms with van der Waals surface area (Å²) < 4.78 is 11.0. The Kier molecular flexibility index (Phi) is 13.2. The van der Waals surface area contributed by atoms with E-state index in [9.17, 15) is 0 Å². The first-order valence-electron chi connectivity index (χ1n) is 13.2. The van der Waals surface area contributed by atoms with Crippen molar-refractivity contribution in [1.82, 2.24) is 9.80 Å². The van der Waals surface area contributed by atoms with E-state index in [0.29, 0.717) is 16.9 Å². The molecule has 0 aromatic rings. The average molecular weight is 441 g/mol. The maximum Gasteiger partial charge on any atom is 0.0596 e. The molecule has 0 amide bonds. The quantitative estimate of drug-likeness (QED) is 0.396. The molecule has 2 saturated heterocycles. The molecule has 2 aliphatic rings. The highest BCUT2D eigenvalue weighted by molar-refractivity contribution is 4.92. The second-order valence-electron chi connectivity index (χ2n) is 11.3. The van der Waals surface area contributed by atoms with Crippen LogP contribution in [0.1, 0.15) is 87.5 Å². The minimum atomic E-state index is 0.348. The summed E-state index contributed by atoms with van der Waals surface area (Å²) in [4.78, 5) is 5.19. The monoisotopic (exact) mass is 440 g/mol. The average Bonchev–Trinajstić information content (AvgIpc) is 2.73. The van der Waals surface area contributed by atoms with Gasteiger partial charge in [0.25, 0.3) is 0 Å². The van der Waals surface area contributed by atoms with Crippen LogP contribution in [-0.4, -0.2) is 75.5 Å². The Hall–Kier alpha value is -0.160. The van der Waals surface area contributed by atoms with Crippen molar-refractivity contribution in [2.75, 3.05) is 59.6 Å². The Bertz CT molecular complexity index is 448. The van der Waals surface area contributed by atoms with E-state index in [1.165, 1.54) is 58.3 Å². The summed E-state index contributed by atoms with van der Waals surface area (Å²) in [5, 5.41) is 0. The molecule has 31 heavy (non-hydrogen) atoms. The molecule has 0 aromatic heterocycles. The third kappa shape index (κ3) is 10.1. The third-order valence-corrected chi connectivity index (χ3v) is 7.77. The first kappa shape index (κ1) is 28.9. The highest BCUT2D eigenvalue weighted by Gasteiger charge is 2.40. The number of piperidine rings is 2. The van der Waals surface area contributed by atoms with Gasteiger partial charge in [0, 0.05) is 20.2 Å². The molecule has 0 aromatic carbocycles. The number of ether oxygens (including phenoxy) is 2. The number of nitrogens with zero attached hydrogens (tertiary/aromatic N) is 2. The lowest BCUT2D eigenvalue weighted by Gasteiger charge is -2.48. The molecule has 4 nitrogen and oxygen atoms in total. The summed E-state index contributed by atoms with van der Waals surface area (Å²) in [6, 6.07) is 0. The van der Waals surface area contributed by atoms with Crippen LogP contribution < -0.4 is 0 Å². The predicted molar refractivity (Wildman–Crippen MR) is 135 cm³/mol. The Morgan fingerprint density at radius 3 is 1.48 bits per heavy atom.